The number of allylic oxidation sites excluding steroid dienone is 1. The van der Waals surface area contributed by atoms with Crippen LogP contribution >= 0.6 is 0 Å². The van der Waals surface area contributed by atoms with Crippen LogP contribution in [-0.2, 0) is 14.3 Å². The van der Waals surface area contributed by atoms with Crippen LogP contribution in [0.3, 0.4) is 0 Å². The van der Waals surface area contributed by atoms with Crippen molar-refractivity contribution in [2.24, 2.45) is 0 Å². The summed E-state index contributed by atoms with van der Waals surface area (Å²) in [5.74, 6) is -0.149. The van der Waals surface area contributed by atoms with Crippen LogP contribution < -0.4 is 0 Å². The number of rotatable bonds is 0. The molecule has 2 heterocycles. The van der Waals surface area contributed by atoms with Crippen molar-refractivity contribution in [2.45, 2.75) is 64.3 Å². The fraction of sp³-hybridized carbons (Fsp3) is 0.667. The van der Waals surface area contributed by atoms with Gasteiger partial charge < -0.3 is 9.47 Å². The minimum absolute atomic E-state index is 0.0115. The van der Waals surface area contributed by atoms with Gasteiger partial charge in [0.2, 0.25) is 0 Å². The highest BCUT2D eigenvalue weighted by atomic mass is 16.6. The zero-order valence-corrected chi connectivity index (χ0v) is 11.3. The Morgan fingerprint density at radius 1 is 1.33 bits per heavy atom. The number of carbonyl (C=O) groups excluding carboxylic acids is 1. The van der Waals surface area contributed by atoms with Crippen molar-refractivity contribution in [3.05, 3.63) is 22.8 Å². The molecule has 1 saturated heterocycles. The standard InChI is InChI=1S/C15H20O3/c1-9-5-4-6-15(3)13(18-15)8-11-10(2)14(16)17-12(11)7-9/h5,12-13H,4,6-8H2,1-3H3/b9-5+/t12-,13+,15+/m0/s1. The number of epoxide rings is 1. The average molecular weight is 248 g/mol. The molecule has 0 N–H and O–H groups in total. The van der Waals surface area contributed by atoms with Gasteiger partial charge in [0.15, 0.2) is 0 Å². The van der Waals surface area contributed by atoms with Gasteiger partial charge in [0.05, 0.1) is 11.7 Å². The van der Waals surface area contributed by atoms with Crippen LogP contribution in [0.25, 0.3) is 0 Å². The van der Waals surface area contributed by atoms with Crippen molar-refractivity contribution < 1.29 is 14.3 Å². The van der Waals surface area contributed by atoms with E-state index in [9.17, 15) is 4.79 Å². The first-order valence-corrected chi connectivity index (χ1v) is 6.74. The van der Waals surface area contributed by atoms with Crippen LogP contribution in [0.15, 0.2) is 22.8 Å². The Hall–Kier alpha value is -1.09. The van der Waals surface area contributed by atoms with Crippen LogP contribution in [0.4, 0.5) is 0 Å². The van der Waals surface area contributed by atoms with E-state index in [2.05, 4.69) is 19.9 Å². The fourth-order valence-corrected chi connectivity index (χ4v) is 3.06. The van der Waals surface area contributed by atoms with Crippen molar-refractivity contribution in [3.63, 3.8) is 0 Å². The largest absolute Gasteiger partial charge is 0.454 e. The van der Waals surface area contributed by atoms with E-state index in [1.54, 1.807) is 0 Å². The van der Waals surface area contributed by atoms with Crippen LogP contribution in [0.1, 0.15) is 46.5 Å². The number of fused-ring (bicyclic) bond motifs is 2. The third-order valence-electron chi connectivity index (χ3n) is 4.51. The number of ether oxygens (including phenoxy) is 2. The smallest absolute Gasteiger partial charge is 0.334 e. The van der Waals surface area contributed by atoms with Gasteiger partial charge in [0, 0.05) is 18.4 Å². The molecule has 0 aromatic rings. The first-order valence-electron chi connectivity index (χ1n) is 6.74. The minimum Gasteiger partial charge on any atom is -0.454 e. The van der Waals surface area contributed by atoms with E-state index in [4.69, 9.17) is 9.47 Å². The molecule has 3 nitrogen and oxygen atoms in total. The van der Waals surface area contributed by atoms with Crippen molar-refractivity contribution in [1.29, 1.82) is 0 Å². The SMILES string of the molecule is CC1=C2C[C@H]3O[C@]3(C)CC/C=C(\C)C[C@@H]2OC1=O. The Morgan fingerprint density at radius 2 is 2.11 bits per heavy atom. The lowest BCUT2D eigenvalue weighted by atomic mass is 9.89. The molecule has 0 unspecified atom stereocenters. The van der Waals surface area contributed by atoms with Crippen LogP contribution in [-0.4, -0.2) is 23.8 Å². The Balaban J connectivity index is 1.91. The van der Waals surface area contributed by atoms with Gasteiger partial charge in [-0.25, -0.2) is 4.79 Å². The molecule has 1 fully saturated rings. The van der Waals surface area contributed by atoms with Crippen molar-refractivity contribution in [1.82, 2.24) is 0 Å². The van der Waals surface area contributed by atoms with Crippen molar-refractivity contribution in [2.75, 3.05) is 0 Å². The molecule has 3 aliphatic rings. The number of hydrogen-bond acceptors (Lipinski definition) is 3. The molecule has 0 aromatic carbocycles. The Labute approximate surface area is 108 Å². The first kappa shape index (κ1) is 12.0. The molecule has 0 aromatic heterocycles. The molecule has 2 aliphatic heterocycles. The summed E-state index contributed by atoms with van der Waals surface area (Å²) < 4.78 is 11.3. The lowest BCUT2D eigenvalue weighted by molar-refractivity contribution is -0.139. The maximum atomic E-state index is 11.7. The Kier molecular flexibility index (Phi) is 2.63. The number of hydrogen-bond donors (Lipinski definition) is 0. The summed E-state index contributed by atoms with van der Waals surface area (Å²) in [5, 5.41) is 0. The summed E-state index contributed by atoms with van der Waals surface area (Å²) in [6.07, 6.45) is 6.28. The number of carbonyl (C=O) groups is 1. The normalized spacial score (nSPS) is 42.6. The second kappa shape index (κ2) is 3.95. The predicted molar refractivity (Wildman–Crippen MR) is 68.1 cm³/mol. The van der Waals surface area contributed by atoms with Gasteiger partial charge in [-0.15, -0.1) is 0 Å². The van der Waals surface area contributed by atoms with E-state index >= 15 is 0 Å². The monoisotopic (exact) mass is 248 g/mol. The topological polar surface area (TPSA) is 38.8 Å². The zero-order valence-electron chi connectivity index (χ0n) is 11.3. The maximum Gasteiger partial charge on any atom is 0.334 e. The zero-order chi connectivity index (χ0) is 12.9. The summed E-state index contributed by atoms with van der Waals surface area (Å²) in [7, 11) is 0. The van der Waals surface area contributed by atoms with Crippen LogP contribution in [0.5, 0.6) is 0 Å². The third kappa shape index (κ3) is 1.91. The summed E-state index contributed by atoms with van der Waals surface area (Å²) in [6.45, 7) is 6.17. The van der Waals surface area contributed by atoms with E-state index in [0.717, 1.165) is 36.8 Å². The number of esters is 1. The molecule has 18 heavy (non-hydrogen) atoms. The van der Waals surface area contributed by atoms with Gasteiger partial charge in [0.1, 0.15) is 6.10 Å². The van der Waals surface area contributed by atoms with Gasteiger partial charge in [-0.3, -0.25) is 0 Å². The van der Waals surface area contributed by atoms with Gasteiger partial charge in [-0.05, 0) is 39.2 Å². The highest BCUT2D eigenvalue weighted by Crippen LogP contribution is 2.46. The molecular formula is C15H20O3. The second-order valence-corrected chi connectivity index (χ2v) is 5.96. The summed E-state index contributed by atoms with van der Waals surface area (Å²) in [6, 6.07) is 0. The third-order valence-corrected chi connectivity index (χ3v) is 4.51. The summed E-state index contributed by atoms with van der Waals surface area (Å²) >= 11 is 0. The quantitative estimate of drug-likeness (QED) is 0.376. The summed E-state index contributed by atoms with van der Waals surface area (Å²) in [4.78, 5) is 11.7. The van der Waals surface area contributed by atoms with Gasteiger partial charge in [-0.1, -0.05) is 11.6 Å². The average Bonchev–Trinajstić information content (AvgIpc) is 2.86. The van der Waals surface area contributed by atoms with E-state index in [1.165, 1.54) is 5.57 Å². The molecule has 1 aliphatic carbocycles. The Bertz CT molecular complexity index is 460. The van der Waals surface area contributed by atoms with Gasteiger partial charge in [-0.2, -0.15) is 0 Å². The molecule has 0 bridgehead atoms. The van der Waals surface area contributed by atoms with Crippen molar-refractivity contribution >= 4 is 5.97 Å². The molecule has 0 saturated carbocycles. The highest BCUT2D eigenvalue weighted by Gasteiger charge is 2.52. The molecule has 3 rings (SSSR count). The van der Waals surface area contributed by atoms with E-state index < -0.39 is 0 Å². The lowest BCUT2D eigenvalue weighted by Crippen LogP contribution is -2.17. The first-order chi connectivity index (χ1) is 8.49. The molecular weight excluding hydrogens is 228 g/mol. The molecule has 0 amide bonds. The lowest BCUT2D eigenvalue weighted by Gasteiger charge is -2.16. The maximum absolute atomic E-state index is 11.7. The fourth-order valence-electron chi connectivity index (χ4n) is 3.06. The molecule has 98 valence electrons. The van der Waals surface area contributed by atoms with E-state index in [0.29, 0.717) is 0 Å². The predicted octanol–water partition coefficient (Wildman–Crippen LogP) is 2.91. The van der Waals surface area contributed by atoms with Crippen LogP contribution in [0.2, 0.25) is 0 Å². The van der Waals surface area contributed by atoms with Gasteiger partial charge >= 0.3 is 5.97 Å². The molecule has 0 radical (unpaired) electrons. The summed E-state index contributed by atoms with van der Waals surface area (Å²) in [5.41, 5.74) is 3.27. The molecule has 0 spiro atoms. The highest BCUT2D eigenvalue weighted by molar-refractivity contribution is 5.91. The van der Waals surface area contributed by atoms with Crippen molar-refractivity contribution in [3.8, 4) is 0 Å². The van der Waals surface area contributed by atoms with E-state index in [1.807, 2.05) is 6.92 Å². The molecule has 3 heteroatoms. The minimum atomic E-state index is -0.149. The second-order valence-electron chi connectivity index (χ2n) is 5.96. The van der Waals surface area contributed by atoms with Gasteiger partial charge in [0.25, 0.3) is 0 Å². The van der Waals surface area contributed by atoms with E-state index in [-0.39, 0.29) is 23.8 Å². The van der Waals surface area contributed by atoms with Crippen LogP contribution in [0, 0.1) is 0 Å². The molecule has 3 atom stereocenters. The Morgan fingerprint density at radius 3 is 2.89 bits per heavy atom.